The number of amides is 1. The first-order chi connectivity index (χ1) is 17.8. The van der Waals surface area contributed by atoms with Crippen LogP contribution in [-0.4, -0.2) is 63.5 Å². The van der Waals surface area contributed by atoms with Crippen molar-refractivity contribution in [3.8, 4) is 5.75 Å². The van der Waals surface area contributed by atoms with Crippen LogP contribution in [0.3, 0.4) is 0 Å². The molecule has 194 valence electrons. The Kier molecular flexibility index (Phi) is 7.20. The number of primary sulfonamides is 1. The Morgan fingerprint density at radius 1 is 1.24 bits per heavy atom. The number of aliphatic hydroxyl groups excluding tert-OH is 1. The first-order valence-corrected chi connectivity index (χ1v) is 14.1. The summed E-state index contributed by atoms with van der Waals surface area (Å²) in [5.41, 5.74) is 2.03. The number of likely N-dealkylation sites (tertiary alicyclic amines) is 1. The molecule has 3 heterocycles. The van der Waals surface area contributed by atoms with Gasteiger partial charge in [0.05, 0.1) is 29.1 Å². The molecule has 37 heavy (non-hydrogen) atoms. The Labute approximate surface area is 217 Å². The van der Waals surface area contributed by atoms with Gasteiger partial charge in [-0.2, -0.15) is 0 Å². The number of fused-ring (bicyclic) bond motifs is 1. The third-order valence-corrected chi connectivity index (χ3v) is 8.61. The van der Waals surface area contributed by atoms with Crippen LogP contribution >= 0.6 is 11.3 Å². The second-order valence-electron chi connectivity index (χ2n) is 8.85. The molecule has 2 aromatic heterocycles. The summed E-state index contributed by atoms with van der Waals surface area (Å²) in [5.74, 6) is 0.408. The highest BCUT2D eigenvalue weighted by molar-refractivity contribution is 7.91. The van der Waals surface area contributed by atoms with E-state index in [2.05, 4.69) is 15.3 Å². The van der Waals surface area contributed by atoms with E-state index in [4.69, 9.17) is 9.88 Å². The molecule has 0 radical (unpaired) electrons. The number of nitrogens with zero attached hydrogens (tertiary/aromatic N) is 5. The Bertz CT molecular complexity index is 1500. The zero-order chi connectivity index (χ0) is 26.0. The van der Waals surface area contributed by atoms with Crippen molar-refractivity contribution >= 4 is 37.5 Å². The molecule has 1 saturated heterocycles. The molecule has 11 nitrogen and oxygen atoms in total. The molecular weight excluding hydrogens is 516 g/mol. The molecule has 1 amide bonds. The molecular formula is C24H26N6O5S2. The van der Waals surface area contributed by atoms with Crippen molar-refractivity contribution in [2.45, 2.75) is 42.3 Å². The number of thiazole rings is 1. The lowest BCUT2D eigenvalue weighted by Gasteiger charge is -2.28. The van der Waals surface area contributed by atoms with E-state index in [9.17, 15) is 18.3 Å². The van der Waals surface area contributed by atoms with Crippen LogP contribution in [0.1, 0.15) is 30.1 Å². The molecule has 2 aromatic carbocycles. The van der Waals surface area contributed by atoms with Gasteiger partial charge in [-0.05, 0) is 36.6 Å². The smallest absolute Gasteiger partial charge is 0.265 e. The molecule has 13 heteroatoms. The van der Waals surface area contributed by atoms with E-state index in [0.29, 0.717) is 34.6 Å². The Morgan fingerprint density at radius 3 is 2.81 bits per heavy atom. The number of rotatable bonds is 9. The van der Waals surface area contributed by atoms with Gasteiger partial charge in [0.25, 0.3) is 10.0 Å². The van der Waals surface area contributed by atoms with Gasteiger partial charge >= 0.3 is 0 Å². The predicted octanol–water partition coefficient (Wildman–Crippen LogP) is 1.88. The monoisotopic (exact) mass is 542 g/mol. The fourth-order valence-electron chi connectivity index (χ4n) is 4.42. The van der Waals surface area contributed by atoms with Crippen LogP contribution in [0.4, 0.5) is 0 Å². The highest BCUT2D eigenvalue weighted by Gasteiger charge is 2.34. The lowest BCUT2D eigenvalue weighted by molar-refractivity contribution is -0.136. The van der Waals surface area contributed by atoms with E-state index in [0.717, 1.165) is 29.7 Å². The number of nitrogens with two attached hydrogens (primary N) is 1. The van der Waals surface area contributed by atoms with E-state index in [1.165, 1.54) is 0 Å². The van der Waals surface area contributed by atoms with Crippen molar-refractivity contribution < 1.29 is 23.1 Å². The molecule has 0 aliphatic carbocycles. The molecule has 0 spiro atoms. The minimum Gasteiger partial charge on any atom is -0.487 e. The van der Waals surface area contributed by atoms with E-state index >= 15 is 0 Å². The zero-order valence-electron chi connectivity index (χ0n) is 19.8. The van der Waals surface area contributed by atoms with Gasteiger partial charge in [0.15, 0.2) is 0 Å². The van der Waals surface area contributed by atoms with Gasteiger partial charge in [0.1, 0.15) is 24.1 Å². The third kappa shape index (κ3) is 5.64. The molecule has 0 bridgehead atoms. The maximum Gasteiger partial charge on any atom is 0.265 e. The number of aliphatic hydroxyl groups is 1. The van der Waals surface area contributed by atoms with Crippen molar-refractivity contribution in [2.75, 3.05) is 13.2 Å². The predicted molar refractivity (Wildman–Crippen MR) is 136 cm³/mol. The number of hydrogen-bond acceptors (Lipinski definition) is 9. The average Bonchev–Trinajstić information content (AvgIpc) is 3.65. The van der Waals surface area contributed by atoms with E-state index in [1.807, 2.05) is 30.3 Å². The van der Waals surface area contributed by atoms with Crippen LogP contribution in [0.5, 0.6) is 5.75 Å². The summed E-state index contributed by atoms with van der Waals surface area (Å²) in [6.45, 7) is 0.637. The summed E-state index contributed by atoms with van der Waals surface area (Å²) in [7, 11) is -3.88. The average molecular weight is 543 g/mol. The minimum absolute atomic E-state index is 0.0664. The van der Waals surface area contributed by atoms with Gasteiger partial charge in [-0.25, -0.2) is 23.2 Å². The third-order valence-electron chi connectivity index (χ3n) is 6.28. The summed E-state index contributed by atoms with van der Waals surface area (Å²) in [6, 6.07) is 13.9. The number of aromatic nitrogens is 4. The van der Waals surface area contributed by atoms with Gasteiger partial charge < -0.3 is 14.7 Å². The standard InChI is InChI=1S/C24H26N6O5S2/c25-37(33,34)24-26-20-9-8-19(12-22(20)36-24)35-15-17-13-30(28-27-17)21(11-16-5-2-1-3-6-16)23(32)29-10-4-7-18(29)14-31/h1-3,5-6,8-9,12-13,18,21,31H,4,7,10-11,14-15H2,(H2,25,33,34). The Morgan fingerprint density at radius 2 is 2.05 bits per heavy atom. The Balaban J connectivity index is 1.33. The largest absolute Gasteiger partial charge is 0.487 e. The molecule has 2 atom stereocenters. The summed E-state index contributed by atoms with van der Waals surface area (Å²) >= 11 is 0.970. The molecule has 5 rings (SSSR count). The van der Waals surface area contributed by atoms with Crippen LogP contribution in [0.2, 0.25) is 0 Å². The summed E-state index contributed by atoms with van der Waals surface area (Å²) in [6.07, 6.45) is 3.76. The first-order valence-electron chi connectivity index (χ1n) is 11.7. The summed E-state index contributed by atoms with van der Waals surface area (Å²) in [5, 5.41) is 23.3. The van der Waals surface area contributed by atoms with E-state index < -0.39 is 16.1 Å². The van der Waals surface area contributed by atoms with E-state index in [1.54, 1.807) is 34.0 Å². The molecule has 3 N–H and O–H groups in total. The quantitative estimate of drug-likeness (QED) is 0.325. The van der Waals surface area contributed by atoms with Crippen LogP contribution in [0.25, 0.3) is 10.2 Å². The molecule has 1 fully saturated rings. The van der Waals surface area contributed by atoms with Gasteiger partial charge in [0.2, 0.25) is 10.2 Å². The second kappa shape index (κ2) is 10.5. The summed E-state index contributed by atoms with van der Waals surface area (Å²) < 4.78 is 31.0. The number of sulfonamides is 1. The molecule has 1 aliphatic heterocycles. The number of benzene rings is 2. The van der Waals surface area contributed by atoms with Gasteiger partial charge in [-0.1, -0.05) is 35.5 Å². The zero-order valence-corrected chi connectivity index (χ0v) is 21.4. The van der Waals surface area contributed by atoms with Crippen LogP contribution < -0.4 is 9.88 Å². The molecule has 1 aliphatic rings. The van der Waals surface area contributed by atoms with Crippen LogP contribution in [-0.2, 0) is 27.8 Å². The fraction of sp³-hybridized carbons (Fsp3) is 0.333. The van der Waals surface area contributed by atoms with Crippen molar-refractivity contribution in [1.82, 2.24) is 24.9 Å². The van der Waals surface area contributed by atoms with Gasteiger partial charge in [0, 0.05) is 13.0 Å². The number of ether oxygens (including phenoxy) is 1. The lowest BCUT2D eigenvalue weighted by Crippen LogP contribution is -2.42. The van der Waals surface area contributed by atoms with Crippen molar-refractivity contribution in [3.63, 3.8) is 0 Å². The second-order valence-corrected chi connectivity index (χ2v) is 11.6. The highest BCUT2D eigenvalue weighted by Crippen LogP contribution is 2.29. The van der Waals surface area contributed by atoms with Crippen LogP contribution in [0.15, 0.2) is 59.1 Å². The van der Waals surface area contributed by atoms with Gasteiger partial charge in [-0.3, -0.25) is 4.79 Å². The van der Waals surface area contributed by atoms with Crippen molar-refractivity contribution in [3.05, 3.63) is 66.0 Å². The SMILES string of the molecule is NS(=O)(=O)c1nc2ccc(OCc3cn(C(Cc4ccccc4)C(=O)N4CCCC4CO)nn3)cc2s1. The first kappa shape index (κ1) is 25.3. The van der Waals surface area contributed by atoms with Crippen molar-refractivity contribution in [2.24, 2.45) is 5.14 Å². The maximum absolute atomic E-state index is 13.5. The molecule has 4 aromatic rings. The highest BCUT2D eigenvalue weighted by atomic mass is 32.2. The van der Waals surface area contributed by atoms with Gasteiger partial charge in [-0.15, -0.1) is 16.4 Å². The number of hydrogen-bond donors (Lipinski definition) is 2. The fourth-order valence-corrected chi connectivity index (χ4v) is 6.11. The lowest BCUT2D eigenvalue weighted by atomic mass is 10.0. The maximum atomic E-state index is 13.5. The molecule has 2 unspecified atom stereocenters. The Hall–Kier alpha value is -3.39. The van der Waals surface area contributed by atoms with E-state index in [-0.39, 0.29) is 29.5 Å². The number of carbonyl (C=O) groups is 1. The van der Waals surface area contributed by atoms with Crippen molar-refractivity contribution in [1.29, 1.82) is 0 Å². The number of carbonyl (C=O) groups excluding carboxylic acids is 1. The topological polar surface area (TPSA) is 154 Å². The molecule has 0 saturated carbocycles. The summed E-state index contributed by atoms with van der Waals surface area (Å²) in [4.78, 5) is 19.3. The van der Waals surface area contributed by atoms with Crippen LogP contribution in [0, 0.1) is 0 Å². The normalized spacial score (nSPS) is 16.8. The minimum atomic E-state index is -3.88.